The second kappa shape index (κ2) is 8.11. The largest absolute Gasteiger partial charge is 0.396 e. The second-order valence-electron chi connectivity index (χ2n) is 6.10. The fraction of sp³-hybridized carbons (Fsp3) is 0.500. The summed E-state index contributed by atoms with van der Waals surface area (Å²) >= 11 is 0. The molecule has 1 N–H and O–H groups in total. The molecule has 0 aliphatic carbocycles. The summed E-state index contributed by atoms with van der Waals surface area (Å²) in [5.41, 5.74) is 1.29. The van der Waals surface area contributed by atoms with E-state index >= 15 is 0 Å². The highest BCUT2D eigenvalue weighted by atomic mass is 16.3. The molecule has 0 amide bonds. The van der Waals surface area contributed by atoms with Crippen LogP contribution in [0.4, 0.5) is 0 Å². The standard InChI is InChI=1S/C18H27N3O/c1-15(2)21-11-10-19-18(21)14-20(16(3)9-12-22)13-17-7-5-4-6-8-17/h4-8,10-11,15-16,22H,9,12-14H2,1-3H3. The van der Waals surface area contributed by atoms with Gasteiger partial charge < -0.3 is 9.67 Å². The molecule has 0 aliphatic rings. The zero-order chi connectivity index (χ0) is 15.9. The summed E-state index contributed by atoms with van der Waals surface area (Å²) in [5.74, 6) is 1.08. The quantitative estimate of drug-likeness (QED) is 0.814. The van der Waals surface area contributed by atoms with Gasteiger partial charge in [0.1, 0.15) is 5.82 Å². The van der Waals surface area contributed by atoms with Crippen LogP contribution in [0.15, 0.2) is 42.7 Å². The summed E-state index contributed by atoms with van der Waals surface area (Å²) in [5, 5.41) is 9.27. The van der Waals surface area contributed by atoms with Gasteiger partial charge in [-0.15, -0.1) is 0 Å². The number of imidazole rings is 1. The Balaban J connectivity index is 2.15. The molecule has 0 fully saturated rings. The lowest BCUT2D eigenvalue weighted by Crippen LogP contribution is -2.34. The summed E-state index contributed by atoms with van der Waals surface area (Å²) in [6.45, 7) is 8.38. The van der Waals surface area contributed by atoms with E-state index in [-0.39, 0.29) is 6.61 Å². The van der Waals surface area contributed by atoms with Crippen LogP contribution in [0.3, 0.4) is 0 Å². The summed E-state index contributed by atoms with van der Waals surface area (Å²) in [6.07, 6.45) is 4.68. The number of rotatable bonds is 8. The third-order valence-corrected chi connectivity index (χ3v) is 4.05. The minimum Gasteiger partial charge on any atom is -0.396 e. The van der Waals surface area contributed by atoms with Crippen LogP contribution in [0.5, 0.6) is 0 Å². The van der Waals surface area contributed by atoms with Crippen molar-refractivity contribution in [3.63, 3.8) is 0 Å². The maximum Gasteiger partial charge on any atom is 0.123 e. The molecular formula is C18H27N3O. The van der Waals surface area contributed by atoms with Crippen LogP contribution >= 0.6 is 0 Å². The van der Waals surface area contributed by atoms with Gasteiger partial charge in [-0.25, -0.2) is 4.98 Å². The Morgan fingerprint density at radius 3 is 2.50 bits per heavy atom. The second-order valence-corrected chi connectivity index (χ2v) is 6.10. The third-order valence-electron chi connectivity index (χ3n) is 4.05. The van der Waals surface area contributed by atoms with E-state index < -0.39 is 0 Å². The van der Waals surface area contributed by atoms with Crippen molar-refractivity contribution in [1.82, 2.24) is 14.5 Å². The van der Waals surface area contributed by atoms with Crippen molar-refractivity contribution >= 4 is 0 Å². The molecule has 0 spiro atoms. The maximum absolute atomic E-state index is 9.27. The van der Waals surface area contributed by atoms with Crippen LogP contribution in [0.25, 0.3) is 0 Å². The van der Waals surface area contributed by atoms with E-state index in [4.69, 9.17) is 0 Å². The Hall–Kier alpha value is -1.65. The van der Waals surface area contributed by atoms with Gasteiger partial charge in [-0.05, 0) is 32.8 Å². The number of nitrogens with zero attached hydrogens (tertiary/aromatic N) is 3. The molecule has 22 heavy (non-hydrogen) atoms. The van der Waals surface area contributed by atoms with Gasteiger partial charge in [-0.2, -0.15) is 0 Å². The summed E-state index contributed by atoms with van der Waals surface area (Å²) in [6, 6.07) is 11.2. The summed E-state index contributed by atoms with van der Waals surface area (Å²) < 4.78 is 2.21. The van der Waals surface area contributed by atoms with Crippen molar-refractivity contribution in [2.45, 2.75) is 52.4 Å². The van der Waals surface area contributed by atoms with Gasteiger partial charge in [-0.1, -0.05) is 30.3 Å². The normalized spacial score (nSPS) is 13.0. The van der Waals surface area contributed by atoms with Crippen molar-refractivity contribution in [2.75, 3.05) is 6.61 Å². The Morgan fingerprint density at radius 1 is 1.14 bits per heavy atom. The fourth-order valence-electron chi connectivity index (χ4n) is 2.67. The van der Waals surface area contributed by atoms with E-state index in [1.165, 1.54) is 5.56 Å². The van der Waals surface area contributed by atoms with Crippen molar-refractivity contribution in [2.24, 2.45) is 0 Å². The number of benzene rings is 1. The van der Waals surface area contributed by atoms with Crippen molar-refractivity contribution < 1.29 is 5.11 Å². The SMILES string of the molecule is CC(CCO)N(Cc1ccccc1)Cc1nccn1C(C)C. The molecule has 2 aromatic rings. The molecule has 2 rings (SSSR count). The van der Waals surface area contributed by atoms with Gasteiger partial charge in [0.2, 0.25) is 0 Å². The van der Waals surface area contributed by atoms with Crippen LogP contribution in [-0.2, 0) is 13.1 Å². The molecule has 0 saturated heterocycles. The molecule has 1 unspecified atom stereocenters. The molecule has 0 aliphatic heterocycles. The lowest BCUT2D eigenvalue weighted by Gasteiger charge is -2.29. The van der Waals surface area contributed by atoms with Gasteiger partial charge in [-0.3, -0.25) is 4.90 Å². The smallest absolute Gasteiger partial charge is 0.123 e. The van der Waals surface area contributed by atoms with Crippen LogP contribution < -0.4 is 0 Å². The number of hydrogen-bond acceptors (Lipinski definition) is 3. The molecule has 0 saturated carbocycles. The van der Waals surface area contributed by atoms with Crippen LogP contribution in [-0.4, -0.2) is 32.2 Å². The lowest BCUT2D eigenvalue weighted by atomic mass is 10.1. The fourth-order valence-corrected chi connectivity index (χ4v) is 2.67. The number of aliphatic hydroxyl groups is 1. The number of aliphatic hydroxyl groups excluding tert-OH is 1. The monoisotopic (exact) mass is 301 g/mol. The van der Waals surface area contributed by atoms with E-state index in [0.717, 1.165) is 25.3 Å². The van der Waals surface area contributed by atoms with Crippen molar-refractivity contribution in [1.29, 1.82) is 0 Å². The van der Waals surface area contributed by atoms with Crippen LogP contribution in [0.1, 0.15) is 44.6 Å². The lowest BCUT2D eigenvalue weighted by molar-refractivity contribution is 0.148. The van der Waals surface area contributed by atoms with Gasteiger partial charge in [0.25, 0.3) is 0 Å². The molecule has 0 radical (unpaired) electrons. The highest BCUT2D eigenvalue weighted by molar-refractivity contribution is 5.14. The van der Waals surface area contributed by atoms with Gasteiger partial charge in [0.15, 0.2) is 0 Å². The van der Waals surface area contributed by atoms with Crippen molar-refractivity contribution in [3.05, 3.63) is 54.1 Å². The Bertz CT molecular complexity index is 550. The molecule has 1 aromatic heterocycles. The van der Waals surface area contributed by atoms with Gasteiger partial charge in [0, 0.05) is 37.6 Å². The first kappa shape index (κ1) is 16.7. The number of aromatic nitrogens is 2. The Morgan fingerprint density at radius 2 is 1.86 bits per heavy atom. The first-order valence-electron chi connectivity index (χ1n) is 8.02. The Kier molecular flexibility index (Phi) is 6.16. The van der Waals surface area contributed by atoms with E-state index in [9.17, 15) is 5.11 Å². The highest BCUT2D eigenvalue weighted by Gasteiger charge is 2.17. The van der Waals surface area contributed by atoms with E-state index in [2.05, 4.69) is 59.5 Å². The number of hydrogen-bond donors (Lipinski definition) is 1. The van der Waals surface area contributed by atoms with Crippen LogP contribution in [0, 0.1) is 0 Å². The van der Waals surface area contributed by atoms with Crippen LogP contribution in [0.2, 0.25) is 0 Å². The molecule has 1 aromatic carbocycles. The van der Waals surface area contributed by atoms with E-state index in [1.807, 2.05) is 18.5 Å². The maximum atomic E-state index is 9.27. The Labute approximate surface area is 133 Å². The van der Waals surface area contributed by atoms with Gasteiger partial charge >= 0.3 is 0 Å². The highest BCUT2D eigenvalue weighted by Crippen LogP contribution is 2.16. The van der Waals surface area contributed by atoms with E-state index in [0.29, 0.717) is 12.1 Å². The predicted octanol–water partition coefficient (Wildman–Crippen LogP) is 3.24. The van der Waals surface area contributed by atoms with Gasteiger partial charge in [0.05, 0.1) is 6.54 Å². The molecule has 0 bridgehead atoms. The third kappa shape index (κ3) is 4.42. The zero-order valence-corrected chi connectivity index (χ0v) is 13.8. The molecule has 120 valence electrons. The summed E-state index contributed by atoms with van der Waals surface area (Å²) in [7, 11) is 0. The zero-order valence-electron chi connectivity index (χ0n) is 13.8. The minimum absolute atomic E-state index is 0.213. The summed E-state index contributed by atoms with van der Waals surface area (Å²) in [4.78, 5) is 6.90. The van der Waals surface area contributed by atoms with E-state index in [1.54, 1.807) is 0 Å². The molecule has 1 atom stereocenters. The average molecular weight is 301 g/mol. The predicted molar refractivity (Wildman–Crippen MR) is 89.5 cm³/mol. The molecule has 1 heterocycles. The molecule has 4 heteroatoms. The molecule has 4 nitrogen and oxygen atoms in total. The minimum atomic E-state index is 0.213. The average Bonchev–Trinajstić information content (AvgIpc) is 2.96. The van der Waals surface area contributed by atoms with Crippen molar-refractivity contribution in [3.8, 4) is 0 Å². The molecular weight excluding hydrogens is 274 g/mol. The first-order valence-corrected chi connectivity index (χ1v) is 8.02. The topological polar surface area (TPSA) is 41.3 Å². The first-order chi connectivity index (χ1) is 10.6.